The van der Waals surface area contributed by atoms with Crippen molar-refractivity contribution in [2.24, 2.45) is 0 Å². The summed E-state index contributed by atoms with van der Waals surface area (Å²) in [5, 5.41) is 2.79. The lowest BCUT2D eigenvalue weighted by molar-refractivity contribution is 0.102. The number of rotatable bonds is 4. The number of nitrogens with zero attached hydrogens (tertiary/aromatic N) is 3. The summed E-state index contributed by atoms with van der Waals surface area (Å²) in [4.78, 5) is 22.1. The van der Waals surface area contributed by atoms with Gasteiger partial charge in [0.2, 0.25) is 11.8 Å². The van der Waals surface area contributed by atoms with Crippen LogP contribution in [-0.2, 0) is 0 Å². The fourth-order valence-corrected chi connectivity index (χ4v) is 1.83. The van der Waals surface area contributed by atoms with Crippen LogP contribution in [0.25, 0.3) is 0 Å². The van der Waals surface area contributed by atoms with E-state index in [9.17, 15) is 4.79 Å². The molecule has 0 saturated heterocycles. The number of nitrogens with one attached hydrogen (secondary N) is 1. The van der Waals surface area contributed by atoms with Gasteiger partial charge in [0.25, 0.3) is 5.91 Å². The topological polar surface area (TPSA) is 67.3 Å². The molecule has 7 heteroatoms. The number of carbonyl (C=O) groups is 1. The Bertz CT molecular complexity index is 661. The molecule has 2 rings (SSSR count). The Balaban J connectivity index is 2.21. The predicted molar refractivity (Wildman–Crippen MR) is 82.3 cm³/mol. The first-order chi connectivity index (χ1) is 9.99. The maximum Gasteiger partial charge on any atom is 0.258 e. The van der Waals surface area contributed by atoms with E-state index in [0.29, 0.717) is 5.56 Å². The Morgan fingerprint density at radius 1 is 1.29 bits per heavy atom. The quantitative estimate of drug-likeness (QED) is 0.879. The van der Waals surface area contributed by atoms with Crippen LogP contribution in [0.2, 0.25) is 5.15 Å². The molecule has 1 N–H and O–H groups in total. The Hall–Kier alpha value is -2.34. The lowest BCUT2D eigenvalue weighted by atomic mass is 10.2. The number of carbonyl (C=O) groups excluding carboxylic acids is 1. The van der Waals surface area contributed by atoms with E-state index < -0.39 is 0 Å². The number of hydrogen-bond donors (Lipinski definition) is 1. The molecule has 2 aromatic rings. The van der Waals surface area contributed by atoms with Crippen molar-refractivity contribution in [1.82, 2.24) is 9.97 Å². The molecule has 0 aliphatic carbocycles. The van der Waals surface area contributed by atoms with Crippen molar-refractivity contribution >= 4 is 29.1 Å². The highest BCUT2D eigenvalue weighted by Gasteiger charge is 2.11. The molecule has 1 amide bonds. The normalized spacial score (nSPS) is 10.1. The van der Waals surface area contributed by atoms with Gasteiger partial charge in [0.05, 0.1) is 7.11 Å². The summed E-state index contributed by atoms with van der Waals surface area (Å²) in [5.41, 5.74) is 1.43. The molecule has 1 heterocycles. The van der Waals surface area contributed by atoms with Crippen LogP contribution in [-0.4, -0.2) is 37.1 Å². The average molecular weight is 307 g/mol. The first kappa shape index (κ1) is 15.1. The van der Waals surface area contributed by atoms with Crippen LogP contribution in [0.4, 0.5) is 11.6 Å². The standard InChI is InChI=1S/C14H15ClN4O2/c1-19(2)10-6-4-5-9(7-10)13(20)18-14-16-11(15)8-12(17-14)21-3/h4-8H,1-3H3,(H,16,17,18,20). The monoisotopic (exact) mass is 306 g/mol. The highest BCUT2D eigenvalue weighted by Crippen LogP contribution is 2.17. The maximum atomic E-state index is 12.2. The van der Waals surface area contributed by atoms with Gasteiger partial charge in [-0.25, -0.2) is 4.98 Å². The van der Waals surface area contributed by atoms with Gasteiger partial charge in [0, 0.05) is 31.4 Å². The molecule has 0 spiro atoms. The number of aromatic nitrogens is 2. The van der Waals surface area contributed by atoms with E-state index in [1.165, 1.54) is 13.2 Å². The summed E-state index contributed by atoms with van der Waals surface area (Å²) in [7, 11) is 5.27. The SMILES string of the molecule is COc1cc(Cl)nc(NC(=O)c2cccc(N(C)C)c2)n1. The Morgan fingerprint density at radius 3 is 2.71 bits per heavy atom. The van der Waals surface area contributed by atoms with Crippen molar-refractivity contribution in [1.29, 1.82) is 0 Å². The fourth-order valence-electron chi connectivity index (χ4n) is 1.66. The average Bonchev–Trinajstić information content (AvgIpc) is 2.46. The second kappa shape index (κ2) is 6.41. The predicted octanol–water partition coefficient (Wildman–Crippen LogP) is 2.46. The van der Waals surface area contributed by atoms with E-state index >= 15 is 0 Å². The van der Waals surface area contributed by atoms with Gasteiger partial charge >= 0.3 is 0 Å². The number of methoxy groups -OCH3 is 1. The lowest BCUT2D eigenvalue weighted by Gasteiger charge is -2.13. The number of anilines is 2. The zero-order valence-electron chi connectivity index (χ0n) is 11.9. The summed E-state index contributed by atoms with van der Waals surface area (Å²) in [6.45, 7) is 0. The first-order valence-corrected chi connectivity index (χ1v) is 6.54. The Morgan fingerprint density at radius 2 is 2.05 bits per heavy atom. The third-order valence-corrected chi connectivity index (χ3v) is 2.92. The molecule has 0 fully saturated rings. The van der Waals surface area contributed by atoms with Crippen LogP contribution >= 0.6 is 11.6 Å². The van der Waals surface area contributed by atoms with Gasteiger partial charge in [-0.3, -0.25) is 10.1 Å². The van der Waals surface area contributed by atoms with Crippen LogP contribution < -0.4 is 15.0 Å². The largest absolute Gasteiger partial charge is 0.481 e. The molecule has 0 atom stereocenters. The Kier molecular flexibility index (Phi) is 4.59. The number of ether oxygens (including phenoxy) is 1. The van der Waals surface area contributed by atoms with Gasteiger partial charge in [0.15, 0.2) is 0 Å². The van der Waals surface area contributed by atoms with E-state index in [4.69, 9.17) is 16.3 Å². The molecular formula is C14H15ClN4O2. The Labute approximate surface area is 127 Å². The molecule has 0 aliphatic heterocycles. The molecule has 0 aliphatic rings. The molecule has 1 aromatic heterocycles. The van der Waals surface area contributed by atoms with Crippen LogP contribution in [0.5, 0.6) is 5.88 Å². The minimum absolute atomic E-state index is 0.0969. The van der Waals surface area contributed by atoms with Gasteiger partial charge in [-0.05, 0) is 18.2 Å². The molecule has 6 nitrogen and oxygen atoms in total. The van der Waals surface area contributed by atoms with Crippen LogP contribution in [0.3, 0.4) is 0 Å². The van der Waals surface area contributed by atoms with Gasteiger partial charge in [-0.1, -0.05) is 17.7 Å². The van der Waals surface area contributed by atoms with Gasteiger partial charge in [-0.2, -0.15) is 4.98 Å². The smallest absolute Gasteiger partial charge is 0.258 e. The van der Waals surface area contributed by atoms with Crippen molar-refractivity contribution in [2.75, 3.05) is 31.4 Å². The molecule has 21 heavy (non-hydrogen) atoms. The number of benzene rings is 1. The maximum absolute atomic E-state index is 12.2. The highest BCUT2D eigenvalue weighted by molar-refractivity contribution is 6.29. The van der Waals surface area contributed by atoms with E-state index in [0.717, 1.165) is 5.69 Å². The van der Waals surface area contributed by atoms with Gasteiger partial charge in [0.1, 0.15) is 5.15 Å². The lowest BCUT2D eigenvalue weighted by Crippen LogP contribution is -2.16. The zero-order chi connectivity index (χ0) is 15.4. The third-order valence-electron chi connectivity index (χ3n) is 2.73. The van der Waals surface area contributed by atoms with Crippen molar-refractivity contribution in [2.45, 2.75) is 0 Å². The van der Waals surface area contributed by atoms with E-state index in [1.54, 1.807) is 12.1 Å². The summed E-state index contributed by atoms with van der Waals surface area (Å²) in [6.07, 6.45) is 0. The second-order valence-corrected chi connectivity index (χ2v) is 4.84. The van der Waals surface area contributed by atoms with Crippen molar-refractivity contribution in [3.05, 3.63) is 41.0 Å². The van der Waals surface area contributed by atoms with Crippen LogP contribution in [0, 0.1) is 0 Å². The molecule has 110 valence electrons. The summed E-state index contributed by atoms with van der Waals surface area (Å²) in [6, 6.07) is 8.67. The molecule has 0 radical (unpaired) electrons. The number of amides is 1. The van der Waals surface area contributed by atoms with Crippen LogP contribution in [0.15, 0.2) is 30.3 Å². The molecule has 0 bridgehead atoms. The van der Waals surface area contributed by atoms with Gasteiger partial charge < -0.3 is 9.64 Å². The number of halogens is 1. The summed E-state index contributed by atoms with van der Waals surface area (Å²) in [5.74, 6) is 0.0648. The van der Waals surface area contributed by atoms with E-state index in [2.05, 4.69) is 15.3 Å². The van der Waals surface area contributed by atoms with E-state index in [1.807, 2.05) is 31.1 Å². The summed E-state index contributed by atoms with van der Waals surface area (Å²) < 4.78 is 4.98. The first-order valence-electron chi connectivity index (χ1n) is 6.17. The number of hydrogen-bond acceptors (Lipinski definition) is 5. The minimum atomic E-state index is -0.317. The van der Waals surface area contributed by atoms with Crippen molar-refractivity contribution < 1.29 is 9.53 Å². The molecular weight excluding hydrogens is 292 g/mol. The zero-order valence-corrected chi connectivity index (χ0v) is 12.7. The third kappa shape index (κ3) is 3.82. The van der Waals surface area contributed by atoms with E-state index in [-0.39, 0.29) is 22.9 Å². The molecule has 0 saturated carbocycles. The summed E-state index contributed by atoms with van der Waals surface area (Å²) >= 11 is 5.84. The fraction of sp³-hybridized carbons (Fsp3) is 0.214. The molecule has 1 aromatic carbocycles. The van der Waals surface area contributed by atoms with Gasteiger partial charge in [-0.15, -0.1) is 0 Å². The van der Waals surface area contributed by atoms with Crippen LogP contribution in [0.1, 0.15) is 10.4 Å². The minimum Gasteiger partial charge on any atom is -0.481 e. The second-order valence-electron chi connectivity index (χ2n) is 4.46. The molecule has 0 unspecified atom stereocenters. The van der Waals surface area contributed by atoms with Crippen molar-refractivity contribution in [3.8, 4) is 5.88 Å². The van der Waals surface area contributed by atoms with Crippen molar-refractivity contribution in [3.63, 3.8) is 0 Å². The highest BCUT2D eigenvalue weighted by atomic mass is 35.5.